The third kappa shape index (κ3) is 5.93. The van der Waals surface area contributed by atoms with Crippen molar-refractivity contribution in [2.45, 2.75) is 13.3 Å². The highest BCUT2D eigenvalue weighted by atomic mass is 35.5. The van der Waals surface area contributed by atoms with Crippen LogP contribution in [0.2, 0.25) is 8.67 Å². The number of nitrogens with one attached hydrogen (secondary N) is 2. The van der Waals surface area contributed by atoms with Crippen molar-refractivity contribution in [2.75, 3.05) is 19.6 Å². The lowest BCUT2D eigenvalue weighted by atomic mass is 10.3. The number of carbonyl (C=O) groups is 1. The Hall–Kier alpha value is -0.000000000000000222. The van der Waals surface area contributed by atoms with Gasteiger partial charge in [-0.25, -0.2) is 0 Å². The highest BCUT2D eigenvalue weighted by molar-refractivity contribution is 7.20. The summed E-state index contributed by atoms with van der Waals surface area (Å²) in [4.78, 5) is 11.6. The molecule has 0 unspecified atom stereocenters. The quantitative estimate of drug-likeness (QED) is 0.791. The number of halogens is 3. The van der Waals surface area contributed by atoms with Crippen LogP contribution in [0.4, 0.5) is 0 Å². The number of amides is 1. The van der Waals surface area contributed by atoms with Crippen LogP contribution in [0.5, 0.6) is 0 Å². The maximum absolute atomic E-state index is 11.6. The van der Waals surface area contributed by atoms with E-state index in [1.165, 1.54) is 11.3 Å². The van der Waals surface area contributed by atoms with Crippen LogP contribution >= 0.6 is 46.9 Å². The zero-order valence-corrected chi connectivity index (χ0v) is 12.5. The minimum atomic E-state index is -0.175. The lowest BCUT2D eigenvalue weighted by molar-refractivity contribution is 0.0954. The molecule has 0 atom stereocenters. The molecule has 1 heterocycles. The van der Waals surface area contributed by atoms with E-state index < -0.39 is 0 Å². The molecule has 0 spiro atoms. The molecular weight excluding hydrogens is 303 g/mol. The van der Waals surface area contributed by atoms with Gasteiger partial charge in [0.15, 0.2) is 0 Å². The molecule has 0 fully saturated rings. The van der Waals surface area contributed by atoms with Crippen LogP contribution in [0.15, 0.2) is 6.07 Å². The maximum Gasteiger partial charge on any atom is 0.253 e. The molecule has 1 aromatic heterocycles. The highest BCUT2D eigenvalue weighted by Gasteiger charge is 2.13. The monoisotopic (exact) mass is 316 g/mol. The molecule has 7 heteroatoms. The summed E-state index contributed by atoms with van der Waals surface area (Å²) < 4.78 is 0.961. The summed E-state index contributed by atoms with van der Waals surface area (Å²) in [6.45, 7) is 4.40. The number of hydrogen-bond donors (Lipinski definition) is 2. The summed E-state index contributed by atoms with van der Waals surface area (Å²) in [5.41, 5.74) is 0.451. The van der Waals surface area contributed by atoms with Crippen LogP contribution in [-0.2, 0) is 0 Å². The second-order valence-corrected chi connectivity index (χ2v) is 5.53. The maximum atomic E-state index is 11.6. The summed E-state index contributed by atoms with van der Waals surface area (Å²) in [5.74, 6) is -0.175. The number of thiophene rings is 1. The van der Waals surface area contributed by atoms with Gasteiger partial charge in [-0.15, -0.1) is 23.7 Å². The number of rotatable bonds is 6. The Morgan fingerprint density at radius 2 is 2.06 bits per heavy atom. The molecule has 0 bridgehead atoms. The predicted octanol–water partition coefficient (Wildman–Crippen LogP) is 3.21. The fourth-order valence-corrected chi connectivity index (χ4v) is 2.61. The van der Waals surface area contributed by atoms with Gasteiger partial charge in [0.25, 0.3) is 5.91 Å². The van der Waals surface area contributed by atoms with Crippen molar-refractivity contribution in [3.8, 4) is 0 Å². The van der Waals surface area contributed by atoms with Crippen LogP contribution < -0.4 is 10.6 Å². The molecule has 1 aromatic rings. The molecule has 2 N–H and O–H groups in total. The Labute approximate surface area is 121 Å². The first-order valence-electron chi connectivity index (χ1n) is 5.09. The molecular formula is C10H15Cl3N2OS. The molecule has 0 saturated carbocycles. The molecule has 0 aliphatic rings. The van der Waals surface area contributed by atoms with E-state index in [1.54, 1.807) is 6.07 Å². The fourth-order valence-electron chi connectivity index (χ4n) is 1.16. The minimum Gasteiger partial charge on any atom is -0.351 e. The van der Waals surface area contributed by atoms with Crippen molar-refractivity contribution in [1.82, 2.24) is 10.6 Å². The van der Waals surface area contributed by atoms with Gasteiger partial charge in [-0.05, 0) is 19.0 Å². The van der Waals surface area contributed by atoms with Crippen molar-refractivity contribution in [1.29, 1.82) is 0 Å². The van der Waals surface area contributed by atoms with Gasteiger partial charge in [0.2, 0.25) is 0 Å². The lowest BCUT2D eigenvalue weighted by Crippen LogP contribution is -2.32. The molecule has 1 rings (SSSR count). The average molecular weight is 318 g/mol. The van der Waals surface area contributed by atoms with E-state index in [0.717, 1.165) is 19.5 Å². The van der Waals surface area contributed by atoms with Gasteiger partial charge in [-0.2, -0.15) is 0 Å². The van der Waals surface area contributed by atoms with E-state index in [2.05, 4.69) is 17.6 Å². The number of carbonyl (C=O) groups excluding carboxylic acids is 1. The van der Waals surface area contributed by atoms with E-state index in [1.807, 2.05) is 0 Å². The molecule has 17 heavy (non-hydrogen) atoms. The Bertz CT molecular complexity index is 357. The van der Waals surface area contributed by atoms with E-state index in [-0.39, 0.29) is 18.3 Å². The van der Waals surface area contributed by atoms with Crippen molar-refractivity contribution in [2.24, 2.45) is 0 Å². The third-order valence-corrected chi connectivity index (χ3v) is 3.40. The molecule has 0 aromatic carbocycles. The van der Waals surface area contributed by atoms with Crippen LogP contribution in [-0.4, -0.2) is 25.5 Å². The zero-order valence-electron chi connectivity index (χ0n) is 9.39. The van der Waals surface area contributed by atoms with Crippen molar-refractivity contribution < 1.29 is 4.79 Å². The van der Waals surface area contributed by atoms with Gasteiger partial charge in [0.1, 0.15) is 4.34 Å². The summed E-state index contributed by atoms with van der Waals surface area (Å²) in [5, 5.41) is 5.96. The molecule has 0 radical (unpaired) electrons. The summed E-state index contributed by atoms with van der Waals surface area (Å²) in [6, 6.07) is 1.59. The Balaban J connectivity index is 0.00000256. The van der Waals surface area contributed by atoms with Crippen molar-refractivity contribution in [3.63, 3.8) is 0 Å². The van der Waals surface area contributed by atoms with E-state index in [4.69, 9.17) is 23.2 Å². The molecule has 0 saturated heterocycles. The fraction of sp³-hybridized carbons (Fsp3) is 0.500. The van der Waals surface area contributed by atoms with Gasteiger partial charge in [-0.1, -0.05) is 30.1 Å². The van der Waals surface area contributed by atoms with Gasteiger partial charge in [0.05, 0.1) is 9.90 Å². The van der Waals surface area contributed by atoms with Crippen LogP contribution in [0.3, 0.4) is 0 Å². The standard InChI is InChI=1S/C10H14Cl2N2OS.ClH/c1-2-3-13-4-5-14-10(15)7-6-8(11)16-9(7)12;/h6,13H,2-5H2,1H3,(H,14,15);1H. The Morgan fingerprint density at radius 1 is 1.35 bits per heavy atom. The SMILES string of the molecule is CCCNCCNC(=O)c1cc(Cl)sc1Cl.Cl. The Kier molecular flexibility index (Phi) is 9.00. The second-order valence-electron chi connectivity index (χ2n) is 3.24. The van der Waals surface area contributed by atoms with Gasteiger partial charge < -0.3 is 10.6 Å². The molecule has 1 amide bonds. The average Bonchev–Trinajstić information content (AvgIpc) is 2.57. The van der Waals surface area contributed by atoms with Crippen molar-refractivity contribution in [3.05, 3.63) is 20.3 Å². The van der Waals surface area contributed by atoms with Crippen molar-refractivity contribution >= 4 is 52.9 Å². The predicted molar refractivity (Wildman–Crippen MR) is 77.1 cm³/mol. The normalized spacial score (nSPS) is 9.82. The minimum absolute atomic E-state index is 0. The summed E-state index contributed by atoms with van der Waals surface area (Å²) in [7, 11) is 0. The van der Waals surface area contributed by atoms with E-state index in [9.17, 15) is 4.79 Å². The van der Waals surface area contributed by atoms with Crippen LogP contribution in [0.1, 0.15) is 23.7 Å². The Morgan fingerprint density at radius 3 is 2.59 bits per heavy atom. The largest absolute Gasteiger partial charge is 0.351 e. The van der Waals surface area contributed by atoms with Crippen LogP contribution in [0.25, 0.3) is 0 Å². The molecule has 0 aliphatic carbocycles. The molecule has 98 valence electrons. The first-order valence-corrected chi connectivity index (χ1v) is 6.66. The highest BCUT2D eigenvalue weighted by Crippen LogP contribution is 2.30. The zero-order chi connectivity index (χ0) is 12.0. The van der Waals surface area contributed by atoms with Gasteiger partial charge in [0, 0.05) is 13.1 Å². The van der Waals surface area contributed by atoms with Gasteiger partial charge >= 0.3 is 0 Å². The summed E-state index contributed by atoms with van der Waals surface area (Å²) >= 11 is 12.8. The van der Waals surface area contributed by atoms with Crippen LogP contribution in [0, 0.1) is 0 Å². The first kappa shape index (κ1) is 17.0. The molecule has 0 aliphatic heterocycles. The number of hydrogen-bond acceptors (Lipinski definition) is 3. The van der Waals surface area contributed by atoms with E-state index in [0.29, 0.717) is 20.8 Å². The first-order chi connectivity index (χ1) is 7.65. The topological polar surface area (TPSA) is 41.1 Å². The third-order valence-electron chi connectivity index (χ3n) is 1.92. The van der Waals surface area contributed by atoms with E-state index >= 15 is 0 Å². The molecule has 3 nitrogen and oxygen atoms in total. The second kappa shape index (κ2) is 9.00. The van der Waals surface area contributed by atoms with Gasteiger partial charge in [-0.3, -0.25) is 4.79 Å². The smallest absolute Gasteiger partial charge is 0.253 e. The summed E-state index contributed by atoms with van der Waals surface area (Å²) in [6.07, 6.45) is 1.08. The lowest BCUT2D eigenvalue weighted by Gasteiger charge is -2.05.